The van der Waals surface area contributed by atoms with Crippen molar-refractivity contribution < 1.29 is 22.4 Å². The predicted octanol–water partition coefficient (Wildman–Crippen LogP) is 5.98. The number of benzene rings is 2. The van der Waals surface area contributed by atoms with Gasteiger partial charge in [-0.05, 0) is 23.8 Å². The van der Waals surface area contributed by atoms with Crippen LogP contribution in [-0.4, -0.2) is 20.7 Å². The maximum Gasteiger partial charge on any atom is 0.434 e. The van der Waals surface area contributed by atoms with Crippen LogP contribution in [0.25, 0.3) is 5.69 Å². The van der Waals surface area contributed by atoms with E-state index in [-0.39, 0.29) is 5.13 Å². The molecular formula is C21H13ClF4N4OS. The summed E-state index contributed by atoms with van der Waals surface area (Å²) in [5, 5.41) is 6.66. The van der Waals surface area contributed by atoms with E-state index in [1.807, 2.05) is 12.1 Å². The quantitative estimate of drug-likeness (QED) is 0.357. The lowest BCUT2D eigenvalue weighted by Crippen LogP contribution is -2.21. The van der Waals surface area contributed by atoms with Crippen LogP contribution in [0.3, 0.4) is 0 Å². The molecule has 0 fully saturated rings. The van der Waals surface area contributed by atoms with Crippen molar-refractivity contribution in [3.8, 4) is 5.69 Å². The first-order valence-electron chi connectivity index (χ1n) is 9.13. The molecule has 2 aromatic heterocycles. The molecule has 0 aliphatic rings. The molecule has 0 atom stereocenters. The first-order valence-corrected chi connectivity index (χ1v) is 10.3. The molecule has 0 aliphatic carbocycles. The number of carbonyl (C=O) groups excluding carboxylic acids is 1. The van der Waals surface area contributed by atoms with Crippen molar-refractivity contribution >= 4 is 34.0 Å². The molecule has 0 saturated carbocycles. The van der Waals surface area contributed by atoms with Gasteiger partial charge in [0.25, 0.3) is 5.91 Å². The Morgan fingerprint density at radius 1 is 1.09 bits per heavy atom. The van der Waals surface area contributed by atoms with Crippen LogP contribution in [0.15, 0.2) is 60.9 Å². The highest BCUT2D eigenvalue weighted by Gasteiger charge is 2.41. The van der Waals surface area contributed by atoms with Gasteiger partial charge in [-0.25, -0.2) is 14.1 Å². The van der Waals surface area contributed by atoms with Crippen LogP contribution in [0.4, 0.5) is 22.7 Å². The van der Waals surface area contributed by atoms with Crippen molar-refractivity contribution in [1.82, 2.24) is 14.8 Å². The van der Waals surface area contributed by atoms with Gasteiger partial charge in [0.15, 0.2) is 10.8 Å². The lowest BCUT2D eigenvalue weighted by Gasteiger charge is -2.13. The van der Waals surface area contributed by atoms with Crippen molar-refractivity contribution in [2.24, 2.45) is 0 Å². The van der Waals surface area contributed by atoms with E-state index in [0.717, 1.165) is 40.1 Å². The summed E-state index contributed by atoms with van der Waals surface area (Å²) in [5.41, 5.74) is -1.70. The number of rotatable bonds is 5. The number of hydrogen-bond donors (Lipinski definition) is 1. The van der Waals surface area contributed by atoms with Crippen molar-refractivity contribution in [1.29, 1.82) is 0 Å². The number of thiazole rings is 1. The lowest BCUT2D eigenvalue weighted by atomic mass is 10.1. The molecule has 11 heteroatoms. The second kappa shape index (κ2) is 8.71. The maximum atomic E-state index is 14.1. The molecule has 2 heterocycles. The third-order valence-electron chi connectivity index (χ3n) is 4.46. The largest absolute Gasteiger partial charge is 0.434 e. The van der Waals surface area contributed by atoms with Crippen LogP contribution < -0.4 is 5.32 Å². The standard InChI is InChI=1S/C21H13ClF4N4OS/c22-15-6-2-1-5-12(15)9-13-10-27-20(32-13)29-19(31)14-11-28-30(18(14)21(24,25)26)17-8-4-3-7-16(17)23/h1-8,10-11H,9H2,(H,27,29,31). The van der Waals surface area contributed by atoms with Crippen molar-refractivity contribution in [2.75, 3.05) is 5.32 Å². The Morgan fingerprint density at radius 3 is 2.53 bits per heavy atom. The smallest absolute Gasteiger partial charge is 0.298 e. The highest BCUT2D eigenvalue weighted by atomic mass is 35.5. The Bertz CT molecular complexity index is 1280. The average Bonchev–Trinajstić information content (AvgIpc) is 3.37. The molecule has 4 aromatic rings. The molecular weight excluding hydrogens is 468 g/mol. The molecule has 2 aromatic carbocycles. The topological polar surface area (TPSA) is 59.8 Å². The van der Waals surface area contributed by atoms with Crippen molar-refractivity contribution in [2.45, 2.75) is 12.6 Å². The van der Waals surface area contributed by atoms with E-state index >= 15 is 0 Å². The number of halogens is 5. The Hall–Kier alpha value is -3.24. The highest BCUT2D eigenvalue weighted by Crippen LogP contribution is 2.35. The molecule has 4 rings (SSSR count). The first-order chi connectivity index (χ1) is 15.2. The van der Waals surface area contributed by atoms with E-state index in [1.165, 1.54) is 18.3 Å². The number of aromatic nitrogens is 3. The zero-order valence-electron chi connectivity index (χ0n) is 16.0. The summed E-state index contributed by atoms with van der Waals surface area (Å²) in [6.45, 7) is 0. The fourth-order valence-electron chi connectivity index (χ4n) is 3.03. The van der Waals surface area contributed by atoms with E-state index < -0.39 is 34.8 Å². The summed E-state index contributed by atoms with van der Waals surface area (Å²) in [6, 6.07) is 12.1. The minimum Gasteiger partial charge on any atom is -0.298 e. The summed E-state index contributed by atoms with van der Waals surface area (Å²) in [5.74, 6) is -1.96. The maximum absolute atomic E-state index is 14.1. The molecule has 32 heavy (non-hydrogen) atoms. The van der Waals surface area contributed by atoms with Gasteiger partial charge in [-0.1, -0.05) is 41.9 Å². The Labute approximate surface area is 188 Å². The lowest BCUT2D eigenvalue weighted by molar-refractivity contribution is -0.143. The molecule has 0 aliphatic heterocycles. The number of nitrogens with one attached hydrogen (secondary N) is 1. The summed E-state index contributed by atoms with van der Waals surface area (Å²) < 4.78 is 55.7. The second-order valence-corrected chi connectivity index (χ2v) is 8.14. The van der Waals surface area contributed by atoms with Gasteiger partial charge in [-0.15, -0.1) is 11.3 Å². The number of amides is 1. The van der Waals surface area contributed by atoms with Crippen LogP contribution in [0, 0.1) is 5.82 Å². The SMILES string of the molecule is O=C(Nc1ncc(Cc2ccccc2Cl)s1)c1cnn(-c2ccccc2F)c1C(F)(F)F. The molecule has 0 bridgehead atoms. The monoisotopic (exact) mass is 480 g/mol. The highest BCUT2D eigenvalue weighted by molar-refractivity contribution is 7.15. The zero-order chi connectivity index (χ0) is 22.9. The molecule has 0 radical (unpaired) electrons. The van der Waals surface area contributed by atoms with Gasteiger partial charge in [0.1, 0.15) is 11.5 Å². The molecule has 164 valence electrons. The van der Waals surface area contributed by atoms with E-state index in [2.05, 4.69) is 15.4 Å². The van der Waals surface area contributed by atoms with Gasteiger partial charge in [0.2, 0.25) is 0 Å². The molecule has 1 amide bonds. The van der Waals surface area contributed by atoms with Gasteiger partial charge in [0.05, 0.1) is 11.8 Å². The van der Waals surface area contributed by atoms with Crippen LogP contribution in [-0.2, 0) is 12.6 Å². The van der Waals surface area contributed by atoms with E-state index in [4.69, 9.17) is 11.6 Å². The van der Waals surface area contributed by atoms with Gasteiger partial charge in [0, 0.05) is 22.5 Å². The average molecular weight is 481 g/mol. The van der Waals surface area contributed by atoms with E-state index in [9.17, 15) is 22.4 Å². The molecule has 0 unspecified atom stereocenters. The summed E-state index contributed by atoms with van der Waals surface area (Å²) in [6.07, 6.45) is -2.24. The zero-order valence-corrected chi connectivity index (χ0v) is 17.6. The number of alkyl halides is 3. The third kappa shape index (κ3) is 4.51. The number of nitrogens with zero attached hydrogens (tertiary/aromatic N) is 3. The van der Waals surface area contributed by atoms with Gasteiger partial charge < -0.3 is 0 Å². The molecule has 0 saturated heterocycles. The minimum atomic E-state index is -4.95. The Kier molecular flexibility index (Phi) is 5.98. The Morgan fingerprint density at radius 2 is 1.81 bits per heavy atom. The van der Waals surface area contributed by atoms with E-state index in [0.29, 0.717) is 16.1 Å². The van der Waals surface area contributed by atoms with Crippen LogP contribution in [0.1, 0.15) is 26.5 Å². The predicted molar refractivity (Wildman–Crippen MR) is 113 cm³/mol. The number of carbonyl (C=O) groups is 1. The van der Waals surface area contributed by atoms with Crippen molar-refractivity contribution in [3.63, 3.8) is 0 Å². The van der Waals surface area contributed by atoms with Gasteiger partial charge >= 0.3 is 6.18 Å². The molecule has 0 spiro atoms. The summed E-state index contributed by atoms with van der Waals surface area (Å²) in [7, 11) is 0. The van der Waals surface area contributed by atoms with Gasteiger partial charge in [-0.2, -0.15) is 18.3 Å². The number of para-hydroxylation sites is 1. The fourth-order valence-corrected chi connectivity index (χ4v) is 4.07. The number of anilines is 1. The Balaban J connectivity index is 1.60. The third-order valence-corrected chi connectivity index (χ3v) is 5.74. The molecule has 5 nitrogen and oxygen atoms in total. The fraction of sp³-hybridized carbons (Fsp3) is 0.0952. The van der Waals surface area contributed by atoms with Crippen LogP contribution in [0.2, 0.25) is 5.02 Å². The van der Waals surface area contributed by atoms with Crippen LogP contribution in [0.5, 0.6) is 0 Å². The number of hydrogen-bond acceptors (Lipinski definition) is 4. The van der Waals surface area contributed by atoms with E-state index in [1.54, 1.807) is 12.1 Å². The normalized spacial score (nSPS) is 11.5. The van der Waals surface area contributed by atoms with Gasteiger partial charge in [-0.3, -0.25) is 10.1 Å². The molecule has 1 N–H and O–H groups in total. The van der Waals surface area contributed by atoms with Crippen molar-refractivity contribution in [3.05, 3.63) is 93.5 Å². The first kappa shape index (κ1) is 22.0. The minimum absolute atomic E-state index is 0.115. The van der Waals surface area contributed by atoms with Crippen LogP contribution >= 0.6 is 22.9 Å². The summed E-state index contributed by atoms with van der Waals surface area (Å²) >= 11 is 7.25. The summed E-state index contributed by atoms with van der Waals surface area (Å²) in [4.78, 5) is 17.4. The second-order valence-electron chi connectivity index (χ2n) is 6.62.